The lowest BCUT2D eigenvalue weighted by atomic mass is 10.1. The summed E-state index contributed by atoms with van der Waals surface area (Å²) < 4.78 is 36.8. The van der Waals surface area contributed by atoms with E-state index in [-0.39, 0.29) is 29.3 Å². The molecule has 0 bridgehead atoms. The van der Waals surface area contributed by atoms with E-state index >= 15 is 0 Å². The second-order valence-corrected chi connectivity index (χ2v) is 8.51. The first-order chi connectivity index (χ1) is 11.9. The first-order valence-corrected chi connectivity index (χ1v) is 9.84. The van der Waals surface area contributed by atoms with Crippen LogP contribution in [0.25, 0.3) is 0 Å². The molecule has 2 heterocycles. The zero-order valence-electron chi connectivity index (χ0n) is 13.9. The highest BCUT2D eigenvalue weighted by atomic mass is 32.2. The van der Waals surface area contributed by atoms with Crippen LogP contribution in [0.1, 0.15) is 28.0 Å². The Bertz CT molecular complexity index is 881. The Morgan fingerprint density at radius 2 is 2.04 bits per heavy atom. The fraction of sp³-hybridized carbons (Fsp3) is 0.333. The van der Waals surface area contributed by atoms with Crippen LogP contribution in [0.15, 0.2) is 42.6 Å². The second kappa shape index (κ2) is 6.92. The Kier molecular flexibility index (Phi) is 4.85. The second-order valence-electron chi connectivity index (χ2n) is 6.28. The standard InChI is InChI=1S/C18H19FN2O3S/c1-21(16-8-9-25(23,24)12-16)18(22)14-6-7-15(20-11-14)10-13-4-2-3-5-17(13)19/h2-7,11,16H,8-10,12H2,1H3. The zero-order valence-corrected chi connectivity index (χ0v) is 14.7. The van der Waals surface area contributed by atoms with E-state index in [1.165, 1.54) is 17.2 Å². The number of benzene rings is 1. The molecule has 1 aliphatic rings. The summed E-state index contributed by atoms with van der Waals surface area (Å²) in [5.74, 6) is -0.415. The Morgan fingerprint density at radius 3 is 2.64 bits per heavy atom. The minimum absolute atomic E-state index is 0.00797. The molecule has 0 N–H and O–H groups in total. The van der Waals surface area contributed by atoms with Crippen molar-refractivity contribution in [2.45, 2.75) is 18.9 Å². The third-order valence-corrected chi connectivity index (χ3v) is 6.23. The van der Waals surface area contributed by atoms with Gasteiger partial charge in [-0.25, -0.2) is 12.8 Å². The number of hydrogen-bond donors (Lipinski definition) is 0. The van der Waals surface area contributed by atoms with Gasteiger partial charge in [0.2, 0.25) is 0 Å². The summed E-state index contributed by atoms with van der Waals surface area (Å²) in [5, 5.41) is 0. The summed E-state index contributed by atoms with van der Waals surface area (Å²) in [6, 6.07) is 9.54. The van der Waals surface area contributed by atoms with Gasteiger partial charge in [-0.3, -0.25) is 9.78 Å². The van der Waals surface area contributed by atoms with Crippen molar-refractivity contribution in [3.05, 3.63) is 65.2 Å². The van der Waals surface area contributed by atoms with Crippen LogP contribution in [0, 0.1) is 5.82 Å². The quantitative estimate of drug-likeness (QED) is 0.835. The maximum absolute atomic E-state index is 13.7. The number of pyridine rings is 1. The highest BCUT2D eigenvalue weighted by molar-refractivity contribution is 7.91. The minimum atomic E-state index is -3.05. The number of halogens is 1. The molecule has 1 fully saturated rings. The first-order valence-electron chi connectivity index (χ1n) is 8.01. The van der Waals surface area contributed by atoms with Crippen LogP contribution in [-0.4, -0.2) is 48.8 Å². The van der Waals surface area contributed by atoms with Crippen LogP contribution in [0.5, 0.6) is 0 Å². The van der Waals surface area contributed by atoms with Crippen molar-refractivity contribution in [3.8, 4) is 0 Å². The molecular weight excluding hydrogens is 343 g/mol. The fourth-order valence-corrected chi connectivity index (χ4v) is 4.72. The number of nitrogens with zero attached hydrogens (tertiary/aromatic N) is 2. The Hall–Kier alpha value is -2.28. The van der Waals surface area contributed by atoms with Crippen LogP contribution >= 0.6 is 0 Å². The van der Waals surface area contributed by atoms with Gasteiger partial charge in [0.15, 0.2) is 9.84 Å². The van der Waals surface area contributed by atoms with Gasteiger partial charge in [0.05, 0.1) is 17.1 Å². The monoisotopic (exact) mass is 362 g/mol. The summed E-state index contributed by atoms with van der Waals surface area (Å²) in [6.45, 7) is 0. The Labute approximate surface area is 146 Å². The molecule has 1 aliphatic heterocycles. The van der Waals surface area contributed by atoms with Crippen LogP contribution in [0.3, 0.4) is 0 Å². The van der Waals surface area contributed by atoms with E-state index in [0.717, 1.165) is 0 Å². The predicted molar refractivity (Wildman–Crippen MR) is 92.6 cm³/mol. The van der Waals surface area contributed by atoms with Crippen molar-refractivity contribution in [1.82, 2.24) is 9.88 Å². The molecule has 0 radical (unpaired) electrons. The number of carbonyl (C=O) groups is 1. The molecule has 1 aromatic heterocycles. The lowest BCUT2D eigenvalue weighted by molar-refractivity contribution is 0.0747. The third-order valence-electron chi connectivity index (χ3n) is 4.48. The summed E-state index contributed by atoms with van der Waals surface area (Å²) in [7, 11) is -1.43. The average Bonchev–Trinajstić information content (AvgIpc) is 2.96. The minimum Gasteiger partial charge on any atom is -0.338 e. The maximum Gasteiger partial charge on any atom is 0.255 e. The molecule has 1 atom stereocenters. The summed E-state index contributed by atoms with van der Waals surface area (Å²) in [4.78, 5) is 18.2. The van der Waals surface area contributed by atoms with E-state index in [0.29, 0.717) is 29.7 Å². The third kappa shape index (κ3) is 4.04. The van der Waals surface area contributed by atoms with Gasteiger partial charge in [0.25, 0.3) is 5.91 Å². The molecule has 7 heteroatoms. The van der Waals surface area contributed by atoms with Gasteiger partial charge < -0.3 is 4.90 Å². The molecule has 132 valence electrons. The number of sulfone groups is 1. The van der Waals surface area contributed by atoms with E-state index < -0.39 is 9.84 Å². The van der Waals surface area contributed by atoms with E-state index in [2.05, 4.69) is 4.98 Å². The summed E-state index contributed by atoms with van der Waals surface area (Å²) in [6.07, 6.45) is 2.26. The van der Waals surface area contributed by atoms with Crippen molar-refractivity contribution in [2.24, 2.45) is 0 Å². The fourth-order valence-electron chi connectivity index (χ4n) is 2.94. The van der Waals surface area contributed by atoms with E-state index in [1.807, 2.05) is 0 Å². The highest BCUT2D eigenvalue weighted by Gasteiger charge is 2.33. The molecule has 25 heavy (non-hydrogen) atoms. The van der Waals surface area contributed by atoms with Gasteiger partial charge in [-0.1, -0.05) is 18.2 Å². The molecule has 3 rings (SSSR count). The largest absolute Gasteiger partial charge is 0.338 e. The molecule has 0 aliphatic carbocycles. The van der Waals surface area contributed by atoms with Crippen LogP contribution < -0.4 is 0 Å². The van der Waals surface area contributed by atoms with Gasteiger partial charge in [-0.05, 0) is 30.2 Å². The number of carbonyl (C=O) groups excluding carboxylic acids is 1. The molecule has 0 spiro atoms. The van der Waals surface area contributed by atoms with E-state index in [1.54, 1.807) is 37.4 Å². The molecule has 1 unspecified atom stereocenters. The van der Waals surface area contributed by atoms with Gasteiger partial charge in [-0.15, -0.1) is 0 Å². The molecule has 5 nitrogen and oxygen atoms in total. The van der Waals surface area contributed by atoms with Gasteiger partial charge in [0, 0.05) is 31.4 Å². The van der Waals surface area contributed by atoms with Crippen LogP contribution in [0.4, 0.5) is 4.39 Å². The first kappa shape index (κ1) is 17.5. The summed E-state index contributed by atoms with van der Waals surface area (Å²) in [5.41, 5.74) is 1.60. The lowest BCUT2D eigenvalue weighted by Gasteiger charge is -2.23. The van der Waals surface area contributed by atoms with Crippen LogP contribution in [0.2, 0.25) is 0 Å². The Morgan fingerprint density at radius 1 is 1.28 bits per heavy atom. The van der Waals surface area contributed by atoms with E-state index in [4.69, 9.17) is 0 Å². The normalized spacial score (nSPS) is 18.9. The molecule has 1 amide bonds. The average molecular weight is 362 g/mol. The molecular formula is C18H19FN2O3S. The molecule has 1 saturated heterocycles. The molecule has 0 saturated carbocycles. The lowest BCUT2D eigenvalue weighted by Crippen LogP contribution is -2.37. The van der Waals surface area contributed by atoms with Crippen molar-refractivity contribution in [1.29, 1.82) is 0 Å². The molecule has 1 aromatic carbocycles. The predicted octanol–water partition coefficient (Wildman–Crippen LogP) is 2.07. The number of rotatable bonds is 4. The van der Waals surface area contributed by atoms with Crippen molar-refractivity contribution in [2.75, 3.05) is 18.6 Å². The van der Waals surface area contributed by atoms with Crippen LogP contribution in [-0.2, 0) is 16.3 Å². The van der Waals surface area contributed by atoms with Gasteiger partial charge in [-0.2, -0.15) is 0 Å². The smallest absolute Gasteiger partial charge is 0.255 e. The topological polar surface area (TPSA) is 67.3 Å². The zero-order chi connectivity index (χ0) is 18.0. The number of amides is 1. The highest BCUT2D eigenvalue weighted by Crippen LogP contribution is 2.19. The van der Waals surface area contributed by atoms with Crippen molar-refractivity contribution < 1.29 is 17.6 Å². The number of hydrogen-bond acceptors (Lipinski definition) is 4. The summed E-state index contributed by atoms with van der Waals surface area (Å²) >= 11 is 0. The number of aromatic nitrogens is 1. The van der Waals surface area contributed by atoms with Gasteiger partial charge in [0.1, 0.15) is 5.82 Å². The van der Waals surface area contributed by atoms with Crippen molar-refractivity contribution in [3.63, 3.8) is 0 Å². The van der Waals surface area contributed by atoms with Gasteiger partial charge >= 0.3 is 0 Å². The maximum atomic E-state index is 13.7. The SMILES string of the molecule is CN(C(=O)c1ccc(Cc2ccccc2F)nc1)C1CCS(=O)(=O)C1. The van der Waals surface area contributed by atoms with Crippen molar-refractivity contribution >= 4 is 15.7 Å². The molecule has 2 aromatic rings. The van der Waals surface area contributed by atoms with E-state index in [9.17, 15) is 17.6 Å². The Balaban J connectivity index is 1.69.